The summed E-state index contributed by atoms with van der Waals surface area (Å²) in [5, 5.41) is 1.90. The largest absolute Gasteiger partial charge is 0.330 e. The van der Waals surface area contributed by atoms with Crippen molar-refractivity contribution in [2.75, 3.05) is 27.2 Å². The molecule has 0 bridgehead atoms. The molecule has 0 atom stereocenters. The summed E-state index contributed by atoms with van der Waals surface area (Å²) < 4.78 is 0. The average Bonchev–Trinajstić information content (AvgIpc) is 2.65. The van der Waals surface area contributed by atoms with Crippen molar-refractivity contribution in [3.63, 3.8) is 0 Å². The van der Waals surface area contributed by atoms with Gasteiger partial charge in [0, 0.05) is 30.9 Å². The van der Waals surface area contributed by atoms with Crippen LogP contribution in [0.15, 0.2) is 60.9 Å². The second-order valence-corrected chi connectivity index (χ2v) is 6.23. The van der Waals surface area contributed by atoms with E-state index < -0.39 is 0 Å². The summed E-state index contributed by atoms with van der Waals surface area (Å²) in [6, 6.07) is 15.5. The number of pyridine rings is 2. The molecule has 0 fully saturated rings. The summed E-state index contributed by atoms with van der Waals surface area (Å²) in [5.74, 6) is -0.0655. The number of fused-ring (bicyclic) bond motifs is 1. The Morgan fingerprint density at radius 3 is 2.48 bits per heavy atom. The molecule has 25 heavy (non-hydrogen) atoms. The molecule has 3 rings (SSSR count). The van der Waals surface area contributed by atoms with E-state index in [2.05, 4.69) is 14.9 Å². The number of hydrogen-bond acceptors (Lipinski definition) is 4. The number of aromatic nitrogens is 2. The van der Waals surface area contributed by atoms with Crippen molar-refractivity contribution in [3.8, 4) is 0 Å². The van der Waals surface area contributed by atoms with Crippen LogP contribution in [0.4, 0.5) is 0 Å². The molecular formula is C20H22N4O. The molecule has 0 spiro atoms. The Morgan fingerprint density at radius 1 is 0.920 bits per heavy atom. The predicted octanol–water partition coefficient (Wildman–Crippen LogP) is 2.83. The Morgan fingerprint density at radius 2 is 1.72 bits per heavy atom. The highest BCUT2D eigenvalue weighted by atomic mass is 16.2. The van der Waals surface area contributed by atoms with E-state index in [9.17, 15) is 4.79 Å². The molecule has 0 aliphatic rings. The second-order valence-electron chi connectivity index (χ2n) is 6.23. The van der Waals surface area contributed by atoms with Crippen LogP contribution >= 0.6 is 0 Å². The minimum atomic E-state index is -0.0655. The van der Waals surface area contributed by atoms with E-state index in [4.69, 9.17) is 0 Å². The summed E-state index contributed by atoms with van der Waals surface area (Å²) in [6.07, 6.45) is 3.45. The minimum Gasteiger partial charge on any atom is -0.330 e. The first-order valence-electron chi connectivity index (χ1n) is 8.33. The molecule has 5 heteroatoms. The van der Waals surface area contributed by atoms with Crippen molar-refractivity contribution in [2.45, 2.75) is 6.54 Å². The molecule has 3 aromatic rings. The molecule has 5 nitrogen and oxygen atoms in total. The van der Waals surface area contributed by atoms with E-state index >= 15 is 0 Å². The lowest BCUT2D eigenvalue weighted by Gasteiger charge is -2.24. The third kappa shape index (κ3) is 4.19. The fourth-order valence-electron chi connectivity index (χ4n) is 2.70. The predicted molar refractivity (Wildman–Crippen MR) is 99.3 cm³/mol. The van der Waals surface area contributed by atoms with Crippen LogP contribution in [0.5, 0.6) is 0 Å². The zero-order valence-electron chi connectivity index (χ0n) is 14.6. The molecule has 0 aliphatic carbocycles. The third-order valence-electron chi connectivity index (χ3n) is 4.06. The Labute approximate surface area is 147 Å². The van der Waals surface area contributed by atoms with E-state index in [-0.39, 0.29) is 5.91 Å². The number of hydrogen-bond donors (Lipinski definition) is 0. The van der Waals surface area contributed by atoms with Crippen molar-refractivity contribution in [1.29, 1.82) is 0 Å². The van der Waals surface area contributed by atoms with Crippen molar-refractivity contribution in [3.05, 3.63) is 72.3 Å². The van der Waals surface area contributed by atoms with E-state index in [1.54, 1.807) is 12.4 Å². The van der Waals surface area contributed by atoms with Gasteiger partial charge in [0.25, 0.3) is 5.91 Å². The molecule has 1 aromatic carbocycles. The molecule has 2 aromatic heterocycles. The molecule has 0 aliphatic heterocycles. The molecule has 0 saturated heterocycles. The molecule has 1 amide bonds. The SMILES string of the molecule is CN(C)CCN(Cc1ccccn1)C(=O)c1nccc2ccccc12. The number of carbonyl (C=O) groups is 1. The zero-order valence-corrected chi connectivity index (χ0v) is 14.6. The van der Waals surface area contributed by atoms with Crippen LogP contribution in [0.3, 0.4) is 0 Å². The molecule has 2 heterocycles. The van der Waals surface area contributed by atoms with Gasteiger partial charge in [-0.05, 0) is 37.7 Å². The second kappa shape index (κ2) is 7.85. The zero-order chi connectivity index (χ0) is 17.6. The van der Waals surface area contributed by atoms with E-state index in [0.717, 1.165) is 23.0 Å². The topological polar surface area (TPSA) is 49.3 Å². The summed E-state index contributed by atoms with van der Waals surface area (Å²) in [4.78, 5) is 25.8. The number of amides is 1. The van der Waals surface area contributed by atoms with Crippen molar-refractivity contribution in [2.24, 2.45) is 0 Å². The molecular weight excluding hydrogens is 312 g/mol. The highest BCUT2D eigenvalue weighted by Crippen LogP contribution is 2.18. The quantitative estimate of drug-likeness (QED) is 0.695. The summed E-state index contributed by atoms with van der Waals surface area (Å²) in [7, 11) is 4.00. The van der Waals surface area contributed by atoms with E-state index in [1.165, 1.54) is 0 Å². The maximum Gasteiger partial charge on any atom is 0.273 e. The van der Waals surface area contributed by atoms with Crippen LogP contribution in [0.1, 0.15) is 16.2 Å². The van der Waals surface area contributed by atoms with Gasteiger partial charge in [-0.2, -0.15) is 0 Å². The number of benzene rings is 1. The van der Waals surface area contributed by atoms with Crippen LogP contribution in [0, 0.1) is 0 Å². The van der Waals surface area contributed by atoms with Gasteiger partial charge in [-0.1, -0.05) is 30.3 Å². The van der Waals surface area contributed by atoms with Crippen LogP contribution in [-0.4, -0.2) is 52.9 Å². The van der Waals surface area contributed by atoms with Crippen LogP contribution in [-0.2, 0) is 6.54 Å². The maximum absolute atomic E-state index is 13.2. The molecule has 128 valence electrons. The monoisotopic (exact) mass is 334 g/mol. The number of carbonyl (C=O) groups excluding carboxylic acids is 1. The first-order valence-corrected chi connectivity index (χ1v) is 8.33. The summed E-state index contributed by atoms with van der Waals surface area (Å²) >= 11 is 0. The Hall–Kier alpha value is -2.79. The van der Waals surface area contributed by atoms with Crippen LogP contribution in [0.2, 0.25) is 0 Å². The van der Waals surface area contributed by atoms with Crippen LogP contribution in [0.25, 0.3) is 10.8 Å². The molecule has 0 radical (unpaired) electrons. The Bertz CT molecular complexity index is 843. The van der Waals surface area contributed by atoms with Crippen LogP contribution < -0.4 is 0 Å². The minimum absolute atomic E-state index is 0.0655. The summed E-state index contributed by atoms with van der Waals surface area (Å²) in [5.41, 5.74) is 1.36. The Balaban J connectivity index is 1.92. The van der Waals surface area contributed by atoms with Gasteiger partial charge in [-0.15, -0.1) is 0 Å². The molecule has 0 N–H and O–H groups in total. The fraction of sp³-hybridized carbons (Fsp3) is 0.250. The van der Waals surface area contributed by atoms with E-state index in [0.29, 0.717) is 18.8 Å². The van der Waals surface area contributed by atoms with Crippen molar-refractivity contribution in [1.82, 2.24) is 19.8 Å². The lowest BCUT2D eigenvalue weighted by molar-refractivity contribution is 0.0726. The van der Waals surface area contributed by atoms with Crippen molar-refractivity contribution >= 4 is 16.7 Å². The first kappa shape index (κ1) is 17.0. The van der Waals surface area contributed by atoms with Gasteiger partial charge >= 0.3 is 0 Å². The van der Waals surface area contributed by atoms with Gasteiger partial charge in [0.1, 0.15) is 5.69 Å². The number of likely N-dealkylation sites (N-methyl/N-ethyl adjacent to an activating group) is 1. The number of rotatable bonds is 6. The van der Waals surface area contributed by atoms with Gasteiger partial charge in [-0.3, -0.25) is 14.8 Å². The van der Waals surface area contributed by atoms with Gasteiger partial charge in [0.05, 0.1) is 12.2 Å². The van der Waals surface area contributed by atoms with Gasteiger partial charge in [-0.25, -0.2) is 0 Å². The van der Waals surface area contributed by atoms with Gasteiger partial charge < -0.3 is 9.80 Å². The fourth-order valence-corrected chi connectivity index (χ4v) is 2.70. The normalized spacial score (nSPS) is 11.0. The standard InChI is InChI=1S/C20H22N4O/c1-23(2)13-14-24(15-17-8-5-6-11-21-17)20(25)19-18-9-4-3-7-16(18)10-12-22-19/h3-12H,13-15H2,1-2H3. The van der Waals surface area contributed by atoms with Crippen molar-refractivity contribution < 1.29 is 4.79 Å². The summed E-state index contributed by atoms with van der Waals surface area (Å²) in [6.45, 7) is 1.87. The lowest BCUT2D eigenvalue weighted by Crippen LogP contribution is -2.37. The maximum atomic E-state index is 13.2. The molecule has 0 saturated carbocycles. The highest BCUT2D eigenvalue weighted by molar-refractivity contribution is 6.05. The Kier molecular flexibility index (Phi) is 5.36. The van der Waals surface area contributed by atoms with Gasteiger partial charge in [0.15, 0.2) is 0 Å². The first-order chi connectivity index (χ1) is 12.1. The smallest absolute Gasteiger partial charge is 0.273 e. The highest BCUT2D eigenvalue weighted by Gasteiger charge is 2.20. The van der Waals surface area contributed by atoms with E-state index in [1.807, 2.05) is 67.5 Å². The molecule has 0 unspecified atom stereocenters. The average molecular weight is 334 g/mol. The van der Waals surface area contributed by atoms with Gasteiger partial charge in [0.2, 0.25) is 0 Å². The number of nitrogens with zero attached hydrogens (tertiary/aromatic N) is 4. The lowest BCUT2D eigenvalue weighted by atomic mass is 10.1. The third-order valence-corrected chi connectivity index (χ3v) is 4.06.